The van der Waals surface area contributed by atoms with Crippen molar-refractivity contribution in [1.29, 1.82) is 0 Å². The second-order valence-electron chi connectivity index (χ2n) is 10.9. The van der Waals surface area contributed by atoms with E-state index in [0.29, 0.717) is 11.7 Å². The van der Waals surface area contributed by atoms with E-state index in [0.717, 1.165) is 18.9 Å². The Balaban J connectivity index is 1.42. The van der Waals surface area contributed by atoms with E-state index < -0.39 is 33.0 Å². The second-order valence-corrected chi connectivity index (χ2v) is 13.7. The molecule has 0 radical (unpaired) electrons. The lowest BCUT2D eigenvalue weighted by molar-refractivity contribution is 0.0695. The Bertz CT molecular complexity index is 1930. The molecule has 5 heterocycles. The van der Waals surface area contributed by atoms with E-state index in [4.69, 9.17) is 27.9 Å². The van der Waals surface area contributed by atoms with Crippen LogP contribution < -0.4 is 19.4 Å². The van der Waals surface area contributed by atoms with Crippen molar-refractivity contribution < 1.29 is 23.1 Å². The molecule has 230 valence electrons. The summed E-state index contributed by atoms with van der Waals surface area (Å²) in [5, 5.41) is 10.1. The number of pyridine rings is 3. The van der Waals surface area contributed by atoms with Gasteiger partial charge in [0, 0.05) is 36.9 Å². The van der Waals surface area contributed by atoms with Gasteiger partial charge < -0.3 is 24.2 Å². The molecule has 2 aliphatic rings. The minimum atomic E-state index is -3.81. The Labute approximate surface area is 263 Å². The number of ether oxygens (including phenoxy) is 1. The third-order valence-corrected chi connectivity index (χ3v) is 10.4. The molecule has 0 aliphatic carbocycles. The van der Waals surface area contributed by atoms with Gasteiger partial charge in [-0.15, -0.1) is 0 Å². The monoisotopic (exact) mass is 658 g/mol. The highest BCUT2D eigenvalue weighted by atomic mass is 35.5. The third-order valence-electron chi connectivity index (χ3n) is 7.94. The molecule has 4 aromatic rings. The van der Waals surface area contributed by atoms with Crippen LogP contribution in [-0.2, 0) is 10.0 Å². The van der Waals surface area contributed by atoms with Gasteiger partial charge in [-0.3, -0.25) is 9.10 Å². The van der Waals surface area contributed by atoms with E-state index in [1.165, 1.54) is 33.4 Å². The van der Waals surface area contributed by atoms with Gasteiger partial charge in [-0.25, -0.2) is 23.2 Å². The summed E-state index contributed by atoms with van der Waals surface area (Å²) >= 11 is 12.8. The van der Waals surface area contributed by atoms with Crippen molar-refractivity contribution in [1.82, 2.24) is 19.4 Å². The molecule has 0 amide bonds. The standard InChI is InChI=1S/C29H28Cl2N6O6S/c1-34(2)19-13-35(14-19)26-6-5-17(12-33-26)36-15-21(29(39)40)27(38)20-10-23(31)25(11-24(20)36)37-18(7-9-44(37,41)42)16-43-28-22(30)4-3-8-32-28/h3-6,8,10-12,15,18-19H,7,9,13-14,16H2,1-2H3,(H,39,40). The van der Waals surface area contributed by atoms with E-state index in [-0.39, 0.29) is 51.3 Å². The van der Waals surface area contributed by atoms with Crippen LogP contribution in [0.5, 0.6) is 5.88 Å². The van der Waals surface area contributed by atoms with Crippen molar-refractivity contribution in [3.05, 3.63) is 80.8 Å². The van der Waals surface area contributed by atoms with E-state index in [2.05, 4.69) is 19.8 Å². The molecule has 12 nitrogen and oxygen atoms in total. The van der Waals surface area contributed by atoms with Crippen LogP contribution in [-0.4, -0.2) is 90.6 Å². The summed E-state index contributed by atoms with van der Waals surface area (Å²) in [7, 11) is 0.240. The molecule has 0 bridgehead atoms. The number of aromatic carboxylic acids is 1. The van der Waals surface area contributed by atoms with E-state index in [1.807, 2.05) is 20.2 Å². The molecule has 44 heavy (non-hydrogen) atoms. The van der Waals surface area contributed by atoms with Crippen LogP contribution in [0.15, 0.2) is 59.8 Å². The summed E-state index contributed by atoms with van der Waals surface area (Å²) in [5.41, 5.74) is -0.331. The molecule has 0 spiro atoms. The van der Waals surface area contributed by atoms with Crippen LogP contribution in [0.3, 0.4) is 0 Å². The molecule has 1 atom stereocenters. The predicted molar refractivity (Wildman–Crippen MR) is 168 cm³/mol. The molecule has 2 aliphatic heterocycles. The Morgan fingerprint density at radius 3 is 2.57 bits per heavy atom. The number of carbonyl (C=O) groups is 1. The highest BCUT2D eigenvalue weighted by Crippen LogP contribution is 2.38. The minimum Gasteiger partial charge on any atom is -0.477 e. The van der Waals surface area contributed by atoms with Gasteiger partial charge in [-0.05, 0) is 56.9 Å². The summed E-state index contributed by atoms with van der Waals surface area (Å²) in [6.07, 6.45) is 4.57. The van der Waals surface area contributed by atoms with Crippen LogP contribution in [0.2, 0.25) is 10.0 Å². The van der Waals surface area contributed by atoms with Gasteiger partial charge in [0.1, 0.15) is 23.0 Å². The van der Waals surface area contributed by atoms with Crippen molar-refractivity contribution in [3.63, 3.8) is 0 Å². The topological polar surface area (TPSA) is 138 Å². The quantitative estimate of drug-likeness (QED) is 0.299. The number of hydrogen-bond acceptors (Lipinski definition) is 9. The van der Waals surface area contributed by atoms with Gasteiger partial charge in [0.25, 0.3) is 0 Å². The minimum absolute atomic E-state index is 0.0176. The smallest absolute Gasteiger partial charge is 0.341 e. The predicted octanol–water partition coefficient (Wildman–Crippen LogP) is 3.52. The van der Waals surface area contributed by atoms with Gasteiger partial charge >= 0.3 is 5.97 Å². The van der Waals surface area contributed by atoms with Gasteiger partial charge in [-0.1, -0.05) is 23.2 Å². The number of benzene rings is 1. The number of halogens is 2. The molecule has 2 fully saturated rings. The number of carboxylic acid groups (broad SMARTS) is 1. The maximum atomic E-state index is 13.3. The largest absolute Gasteiger partial charge is 0.477 e. The Morgan fingerprint density at radius 1 is 1.14 bits per heavy atom. The molecular weight excluding hydrogens is 631 g/mol. The third kappa shape index (κ3) is 5.45. The van der Waals surface area contributed by atoms with E-state index >= 15 is 0 Å². The van der Waals surface area contributed by atoms with Gasteiger partial charge in [0.05, 0.1) is 39.9 Å². The number of aromatic nitrogens is 3. The Morgan fingerprint density at radius 2 is 1.91 bits per heavy atom. The summed E-state index contributed by atoms with van der Waals surface area (Å²) in [6.45, 7) is 1.60. The van der Waals surface area contributed by atoms with Crippen LogP contribution in [0, 0.1) is 0 Å². The maximum absolute atomic E-state index is 13.3. The summed E-state index contributed by atoms with van der Waals surface area (Å²) < 4.78 is 35.1. The van der Waals surface area contributed by atoms with Crippen molar-refractivity contribution in [2.75, 3.05) is 48.7 Å². The molecular formula is C29H28Cl2N6O6S. The van der Waals surface area contributed by atoms with Crippen LogP contribution in [0.1, 0.15) is 16.8 Å². The lowest BCUT2D eigenvalue weighted by atomic mass is 10.1. The lowest BCUT2D eigenvalue weighted by Gasteiger charge is -2.43. The van der Waals surface area contributed by atoms with Gasteiger partial charge in [0.15, 0.2) is 0 Å². The first-order valence-corrected chi connectivity index (χ1v) is 16.1. The lowest BCUT2D eigenvalue weighted by Crippen LogP contribution is -2.57. The van der Waals surface area contributed by atoms with Crippen LogP contribution >= 0.6 is 23.2 Å². The van der Waals surface area contributed by atoms with Crippen LogP contribution in [0.4, 0.5) is 11.5 Å². The number of sulfonamides is 1. The molecule has 6 rings (SSSR count). The number of likely N-dealkylation sites (N-methyl/N-ethyl adjacent to an activating group) is 1. The van der Waals surface area contributed by atoms with E-state index in [9.17, 15) is 23.1 Å². The zero-order chi connectivity index (χ0) is 31.3. The van der Waals surface area contributed by atoms with Crippen molar-refractivity contribution in [2.45, 2.75) is 18.5 Å². The fraction of sp³-hybridized carbons (Fsp3) is 0.310. The van der Waals surface area contributed by atoms with Gasteiger partial charge in [-0.2, -0.15) is 0 Å². The van der Waals surface area contributed by atoms with Crippen molar-refractivity contribution >= 4 is 61.6 Å². The number of rotatable bonds is 8. The number of nitrogens with zero attached hydrogens (tertiary/aromatic N) is 6. The number of hydrogen-bond donors (Lipinski definition) is 1. The molecule has 15 heteroatoms. The van der Waals surface area contributed by atoms with Crippen molar-refractivity contribution in [2.24, 2.45) is 0 Å². The fourth-order valence-electron chi connectivity index (χ4n) is 5.42. The SMILES string of the molecule is CN(C)C1CN(c2ccc(-n3cc(C(=O)O)c(=O)c4cc(Cl)c(N5C(COc6ncccc6Cl)CCS5(=O)=O)cc43)cn2)C1. The molecule has 2 saturated heterocycles. The zero-order valence-electron chi connectivity index (χ0n) is 23.7. The number of fused-ring (bicyclic) bond motifs is 1. The average molecular weight is 660 g/mol. The molecule has 3 aromatic heterocycles. The molecule has 1 aromatic carbocycles. The fourth-order valence-corrected chi connectivity index (χ4v) is 7.74. The Kier molecular flexibility index (Phi) is 7.91. The summed E-state index contributed by atoms with van der Waals surface area (Å²) in [5.74, 6) is -0.617. The van der Waals surface area contributed by atoms with Crippen molar-refractivity contribution in [3.8, 4) is 11.6 Å². The first kappa shape index (κ1) is 30.1. The highest BCUT2D eigenvalue weighted by Gasteiger charge is 2.39. The first-order chi connectivity index (χ1) is 20.9. The molecule has 0 saturated carbocycles. The number of anilines is 2. The average Bonchev–Trinajstić information content (AvgIpc) is 3.25. The highest BCUT2D eigenvalue weighted by molar-refractivity contribution is 7.93. The summed E-state index contributed by atoms with van der Waals surface area (Å²) in [6, 6.07) is 9.44. The maximum Gasteiger partial charge on any atom is 0.341 e. The first-order valence-electron chi connectivity index (χ1n) is 13.7. The second kappa shape index (κ2) is 11.5. The zero-order valence-corrected chi connectivity index (χ0v) is 26.1. The van der Waals surface area contributed by atoms with Crippen LogP contribution in [0.25, 0.3) is 16.6 Å². The number of carboxylic acids is 1. The molecule has 1 unspecified atom stereocenters. The molecule has 1 N–H and O–H groups in total. The van der Waals surface area contributed by atoms with Gasteiger partial charge in [0.2, 0.25) is 21.3 Å². The normalized spacial score (nSPS) is 18.2. The van der Waals surface area contributed by atoms with E-state index in [1.54, 1.807) is 24.4 Å². The Hall–Kier alpha value is -3.91. The summed E-state index contributed by atoms with van der Waals surface area (Å²) in [4.78, 5) is 38.2.